The maximum atomic E-state index is 12.6. The molecule has 0 saturated heterocycles. The minimum atomic E-state index is -0.951. The van der Waals surface area contributed by atoms with E-state index in [1.807, 2.05) is 0 Å². The third-order valence-electron chi connectivity index (χ3n) is 3.32. The van der Waals surface area contributed by atoms with Gasteiger partial charge in [-0.15, -0.1) is 0 Å². The van der Waals surface area contributed by atoms with E-state index in [2.05, 4.69) is 10.3 Å². The van der Waals surface area contributed by atoms with Gasteiger partial charge in [-0.2, -0.15) is 0 Å². The first-order valence-corrected chi connectivity index (χ1v) is 9.99. The van der Waals surface area contributed by atoms with Crippen LogP contribution in [0.4, 0.5) is 9.80 Å². The quantitative estimate of drug-likeness (QED) is 0.499. The normalized spacial score (nSPS) is 11.7. The summed E-state index contributed by atoms with van der Waals surface area (Å²) in [6.07, 6.45) is -0.750. The number of anilines is 1. The van der Waals surface area contributed by atoms with Crippen molar-refractivity contribution in [1.29, 1.82) is 0 Å². The Morgan fingerprint density at radius 1 is 1.03 bits per heavy atom. The lowest BCUT2D eigenvalue weighted by Gasteiger charge is -2.19. The van der Waals surface area contributed by atoms with E-state index in [0.29, 0.717) is 15.6 Å². The van der Waals surface area contributed by atoms with Crippen LogP contribution in [0.15, 0.2) is 24.3 Å². The van der Waals surface area contributed by atoms with Crippen LogP contribution in [-0.4, -0.2) is 28.6 Å². The third-order valence-corrected chi connectivity index (χ3v) is 4.60. The van der Waals surface area contributed by atoms with E-state index < -0.39 is 29.0 Å². The van der Waals surface area contributed by atoms with Gasteiger partial charge < -0.3 is 9.47 Å². The molecule has 0 fully saturated rings. The van der Waals surface area contributed by atoms with Crippen LogP contribution in [0.3, 0.4) is 0 Å². The fourth-order valence-corrected chi connectivity index (χ4v) is 3.01. The van der Waals surface area contributed by atoms with Gasteiger partial charge in [-0.25, -0.2) is 14.6 Å². The highest BCUT2D eigenvalue weighted by molar-refractivity contribution is 7.19. The van der Waals surface area contributed by atoms with Crippen molar-refractivity contribution < 1.29 is 23.9 Å². The summed E-state index contributed by atoms with van der Waals surface area (Å²) in [7, 11) is 0. The summed E-state index contributed by atoms with van der Waals surface area (Å²) in [5, 5.41) is 3.64. The largest absolute Gasteiger partial charge is 0.444 e. The molecule has 0 bridgehead atoms. The van der Waals surface area contributed by atoms with Crippen LogP contribution in [0.25, 0.3) is 10.6 Å². The van der Waals surface area contributed by atoms with Gasteiger partial charge in [0, 0.05) is 10.6 Å². The van der Waals surface area contributed by atoms with E-state index in [1.165, 1.54) is 0 Å². The number of esters is 2. The number of hydrogen-bond donors (Lipinski definition) is 1. The summed E-state index contributed by atoms with van der Waals surface area (Å²) in [6, 6.07) is 6.82. The van der Waals surface area contributed by atoms with E-state index in [-0.39, 0.29) is 10.7 Å². The van der Waals surface area contributed by atoms with Crippen LogP contribution in [0.1, 0.15) is 52.0 Å². The molecule has 2 aromatic rings. The second kappa shape index (κ2) is 8.51. The summed E-state index contributed by atoms with van der Waals surface area (Å²) in [4.78, 5) is 41.1. The van der Waals surface area contributed by atoms with Crippen molar-refractivity contribution in [2.24, 2.45) is 5.41 Å². The van der Waals surface area contributed by atoms with Crippen molar-refractivity contribution in [2.75, 3.05) is 5.32 Å². The highest BCUT2D eigenvalue weighted by Crippen LogP contribution is 2.34. The van der Waals surface area contributed by atoms with Crippen molar-refractivity contribution in [3.8, 4) is 10.6 Å². The van der Waals surface area contributed by atoms with Crippen LogP contribution in [0.5, 0.6) is 0 Å². The zero-order valence-electron chi connectivity index (χ0n) is 17.1. The highest BCUT2D eigenvalue weighted by atomic mass is 35.5. The van der Waals surface area contributed by atoms with E-state index in [4.69, 9.17) is 21.1 Å². The van der Waals surface area contributed by atoms with Crippen molar-refractivity contribution in [3.63, 3.8) is 0 Å². The van der Waals surface area contributed by atoms with Gasteiger partial charge in [-0.3, -0.25) is 10.1 Å². The number of hydrogen-bond acceptors (Lipinski definition) is 7. The smallest absolute Gasteiger partial charge is 0.412 e. The Kier molecular flexibility index (Phi) is 6.70. The van der Waals surface area contributed by atoms with Gasteiger partial charge in [0.05, 0.1) is 5.41 Å². The molecule has 1 amide bonds. The first-order valence-electron chi connectivity index (χ1n) is 8.79. The fourth-order valence-electron chi connectivity index (χ4n) is 1.94. The first kappa shape index (κ1) is 22.8. The molecule has 156 valence electrons. The minimum Gasteiger partial charge on any atom is -0.444 e. The number of benzene rings is 1. The van der Waals surface area contributed by atoms with Crippen molar-refractivity contribution in [3.05, 3.63) is 35.0 Å². The van der Waals surface area contributed by atoms with Gasteiger partial charge in [0.2, 0.25) is 0 Å². The predicted octanol–water partition coefficient (Wildman–Crippen LogP) is 5.54. The lowest BCUT2D eigenvalue weighted by Crippen LogP contribution is -2.28. The Labute approximate surface area is 178 Å². The SMILES string of the molecule is CC(C)(C)OC(=O)Nc1sc(-c2ccc(Cl)cc2)nc1C(=O)OC(=O)C(C)(C)C. The molecule has 1 N–H and O–H groups in total. The lowest BCUT2D eigenvalue weighted by atomic mass is 9.97. The van der Waals surface area contributed by atoms with Crippen molar-refractivity contribution in [2.45, 2.75) is 47.1 Å². The molecule has 0 radical (unpaired) electrons. The molecule has 1 aromatic carbocycles. The second-order valence-electron chi connectivity index (χ2n) is 8.26. The molecular formula is C20H23ClN2O5S. The van der Waals surface area contributed by atoms with Crippen LogP contribution in [0, 0.1) is 5.41 Å². The van der Waals surface area contributed by atoms with Gasteiger partial charge in [0.25, 0.3) is 0 Å². The fraction of sp³-hybridized carbons (Fsp3) is 0.400. The molecule has 2 rings (SSSR count). The number of thiazole rings is 1. The molecule has 0 spiro atoms. The van der Waals surface area contributed by atoms with Gasteiger partial charge >= 0.3 is 18.0 Å². The molecule has 0 aliphatic carbocycles. The van der Waals surface area contributed by atoms with E-state index in [0.717, 1.165) is 11.3 Å². The summed E-state index contributed by atoms with van der Waals surface area (Å²) >= 11 is 6.97. The number of carbonyl (C=O) groups is 3. The second-order valence-corrected chi connectivity index (χ2v) is 9.69. The molecular weight excluding hydrogens is 416 g/mol. The summed E-state index contributed by atoms with van der Waals surface area (Å²) in [5.41, 5.74) is -1.09. The Morgan fingerprint density at radius 3 is 2.14 bits per heavy atom. The summed E-state index contributed by atoms with van der Waals surface area (Å²) < 4.78 is 10.2. The van der Waals surface area contributed by atoms with Crippen molar-refractivity contribution in [1.82, 2.24) is 4.98 Å². The third kappa shape index (κ3) is 6.54. The average molecular weight is 439 g/mol. The van der Waals surface area contributed by atoms with Crippen LogP contribution < -0.4 is 5.32 Å². The summed E-state index contributed by atoms with van der Waals surface area (Å²) in [5.74, 6) is -1.65. The Morgan fingerprint density at radius 2 is 1.62 bits per heavy atom. The standard InChI is InChI=1S/C20H23ClN2O5S/c1-19(2,3)17(25)27-16(24)13-15(23-18(26)28-20(4,5)6)29-14(22-13)11-7-9-12(21)10-8-11/h7-10H,1-6H3,(H,23,26). The summed E-state index contributed by atoms with van der Waals surface area (Å²) in [6.45, 7) is 10.0. The van der Waals surface area contributed by atoms with Gasteiger partial charge in [0.15, 0.2) is 5.69 Å². The minimum absolute atomic E-state index is 0.121. The maximum absolute atomic E-state index is 12.6. The number of nitrogens with one attached hydrogen (secondary N) is 1. The van der Waals surface area contributed by atoms with Crippen LogP contribution in [0.2, 0.25) is 5.02 Å². The zero-order chi connectivity index (χ0) is 22.0. The first-order chi connectivity index (χ1) is 13.3. The molecule has 0 atom stereocenters. The zero-order valence-corrected chi connectivity index (χ0v) is 18.7. The number of ether oxygens (including phenoxy) is 2. The average Bonchev–Trinajstić information content (AvgIpc) is 2.96. The maximum Gasteiger partial charge on any atom is 0.412 e. The van der Waals surface area contributed by atoms with Gasteiger partial charge in [0.1, 0.15) is 15.6 Å². The molecule has 0 aliphatic heterocycles. The number of rotatable bonds is 3. The van der Waals surface area contributed by atoms with Crippen molar-refractivity contribution >= 4 is 46.0 Å². The molecule has 1 heterocycles. The van der Waals surface area contributed by atoms with E-state index in [1.54, 1.807) is 65.8 Å². The van der Waals surface area contributed by atoms with Crippen LogP contribution in [-0.2, 0) is 14.3 Å². The van der Waals surface area contributed by atoms with Gasteiger partial charge in [-0.05, 0) is 53.7 Å². The van der Waals surface area contributed by atoms with E-state index in [9.17, 15) is 14.4 Å². The van der Waals surface area contributed by atoms with E-state index >= 15 is 0 Å². The molecule has 0 aliphatic rings. The lowest BCUT2D eigenvalue weighted by molar-refractivity contribution is -0.146. The van der Waals surface area contributed by atoms with Gasteiger partial charge in [-0.1, -0.05) is 35.1 Å². The Hall–Kier alpha value is -2.45. The molecule has 0 saturated carbocycles. The van der Waals surface area contributed by atoms with Crippen LogP contribution >= 0.6 is 22.9 Å². The topological polar surface area (TPSA) is 94.6 Å². The Balaban J connectivity index is 2.38. The molecule has 7 nitrogen and oxygen atoms in total. The molecule has 9 heteroatoms. The monoisotopic (exact) mass is 438 g/mol. The number of halogens is 1. The Bertz CT molecular complexity index is 924. The molecule has 1 aromatic heterocycles. The number of carbonyl (C=O) groups excluding carboxylic acids is 3. The highest BCUT2D eigenvalue weighted by Gasteiger charge is 2.30. The number of amides is 1. The predicted molar refractivity (Wildman–Crippen MR) is 112 cm³/mol. The molecule has 0 unspecified atom stereocenters. The molecule has 29 heavy (non-hydrogen) atoms. The number of aromatic nitrogens is 1. The number of nitrogens with zero attached hydrogens (tertiary/aromatic N) is 1.